The molecule has 3 rings (SSSR count). The Hall–Kier alpha value is -1.38. The minimum atomic E-state index is -0.143. The molecule has 0 aromatic heterocycles. The van der Waals surface area contributed by atoms with E-state index in [2.05, 4.69) is 68.4 Å². The fraction of sp³-hybridized carbons (Fsp3) is 0.630. The van der Waals surface area contributed by atoms with Crippen molar-refractivity contribution in [3.8, 4) is 0 Å². The van der Waals surface area contributed by atoms with E-state index in [0.717, 1.165) is 19.3 Å². The monoisotopic (exact) mass is 395 g/mol. The van der Waals surface area contributed by atoms with Crippen molar-refractivity contribution in [1.82, 2.24) is 4.90 Å². The van der Waals surface area contributed by atoms with Gasteiger partial charge in [-0.1, -0.05) is 60.1 Å². The molecule has 1 aromatic carbocycles. The summed E-state index contributed by atoms with van der Waals surface area (Å²) in [6.45, 7) is 3.36. The highest BCUT2D eigenvalue weighted by molar-refractivity contribution is 5.22. The Morgan fingerprint density at radius 3 is 2.76 bits per heavy atom. The smallest absolute Gasteiger partial charge is 0.0611 e. The number of allylic oxidation sites excluding steroid dienone is 3. The van der Waals surface area contributed by atoms with Gasteiger partial charge in [-0.25, -0.2) is 0 Å². The first-order valence-corrected chi connectivity index (χ1v) is 11.8. The Kier molecular flexibility index (Phi) is 8.56. The van der Waals surface area contributed by atoms with Crippen LogP contribution in [0.3, 0.4) is 0 Å². The van der Waals surface area contributed by atoms with Crippen LogP contribution >= 0.6 is 0 Å². The van der Waals surface area contributed by atoms with Gasteiger partial charge < -0.3 is 10.0 Å². The molecular weight excluding hydrogens is 354 g/mol. The topological polar surface area (TPSA) is 23.5 Å². The second-order valence-corrected chi connectivity index (χ2v) is 9.66. The number of benzene rings is 1. The van der Waals surface area contributed by atoms with Gasteiger partial charge in [-0.2, -0.15) is 0 Å². The van der Waals surface area contributed by atoms with Gasteiger partial charge in [0.05, 0.1) is 6.10 Å². The summed E-state index contributed by atoms with van der Waals surface area (Å²) in [5.41, 5.74) is 4.45. The molecule has 2 heteroatoms. The van der Waals surface area contributed by atoms with E-state index in [-0.39, 0.29) is 6.10 Å². The van der Waals surface area contributed by atoms with Crippen LogP contribution in [-0.2, 0) is 6.42 Å². The van der Waals surface area contributed by atoms with E-state index in [1.807, 2.05) is 0 Å². The molecule has 1 N–H and O–H groups in total. The van der Waals surface area contributed by atoms with Crippen molar-refractivity contribution in [1.29, 1.82) is 0 Å². The van der Waals surface area contributed by atoms with Crippen molar-refractivity contribution in [2.75, 3.05) is 20.6 Å². The average molecular weight is 396 g/mol. The van der Waals surface area contributed by atoms with Crippen LogP contribution in [-0.4, -0.2) is 36.8 Å². The molecule has 0 saturated heterocycles. The number of aliphatic hydroxyl groups excluding tert-OH is 1. The zero-order chi connectivity index (χ0) is 20.6. The predicted molar refractivity (Wildman–Crippen MR) is 124 cm³/mol. The van der Waals surface area contributed by atoms with E-state index in [0.29, 0.717) is 17.8 Å². The minimum absolute atomic E-state index is 0.143. The average Bonchev–Trinajstić information content (AvgIpc) is 3.18. The van der Waals surface area contributed by atoms with Crippen molar-refractivity contribution < 1.29 is 5.11 Å². The van der Waals surface area contributed by atoms with Crippen LogP contribution in [0.5, 0.6) is 0 Å². The lowest BCUT2D eigenvalue weighted by molar-refractivity contribution is 0.141. The molecule has 1 fully saturated rings. The second-order valence-electron chi connectivity index (χ2n) is 9.66. The number of fused-ring (bicyclic) bond motifs is 1. The molecule has 0 heterocycles. The first kappa shape index (κ1) is 22.3. The molecule has 2 aliphatic carbocycles. The Morgan fingerprint density at radius 1 is 1.10 bits per heavy atom. The van der Waals surface area contributed by atoms with Crippen LogP contribution in [0.15, 0.2) is 48.1 Å². The molecule has 2 aliphatic rings. The standard InChI is InChI=1S/C27H41NO/c1-21-11-10-14-22(17-21)12-6-4-8-15-25-26-19-23(18-24(26)20-27(25)29)13-7-5-9-16-28(2)3/h8,10-11,14-15,17-18,24-27,29H,4-7,9,12-13,16,19-20H2,1-3H3/t24-,25+,26-,27+/m0/s1. The maximum Gasteiger partial charge on any atom is 0.0611 e. The Morgan fingerprint density at radius 2 is 1.97 bits per heavy atom. The molecule has 2 nitrogen and oxygen atoms in total. The Labute approximate surface area is 178 Å². The third-order valence-corrected chi connectivity index (χ3v) is 6.83. The Bertz CT molecular complexity index is 690. The molecule has 0 unspecified atom stereocenters. The molecule has 0 radical (unpaired) electrons. The zero-order valence-corrected chi connectivity index (χ0v) is 18.8. The van der Waals surface area contributed by atoms with Gasteiger partial charge in [-0.3, -0.25) is 0 Å². The van der Waals surface area contributed by atoms with E-state index in [9.17, 15) is 5.11 Å². The number of unbranched alkanes of at least 4 members (excludes halogenated alkanes) is 3. The van der Waals surface area contributed by atoms with E-state index < -0.39 is 0 Å². The number of hydrogen-bond donors (Lipinski definition) is 1. The highest BCUT2D eigenvalue weighted by Gasteiger charge is 2.42. The normalized spacial score (nSPS) is 26.4. The molecule has 0 amide bonds. The van der Waals surface area contributed by atoms with Crippen LogP contribution in [0.4, 0.5) is 0 Å². The van der Waals surface area contributed by atoms with Gasteiger partial charge in [0, 0.05) is 5.92 Å². The van der Waals surface area contributed by atoms with E-state index in [1.54, 1.807) is 5.57 Å². The summed E-state index contributed by atoms with van der Waals surface area (Å²) in [6.07, 6.45) is 17.9. The SMILES string of the molecule is Cc1cccc(CCCC=C[C@@H]2[C@H]3CC(CCCCCN(C)C)=C[C@H]3C[C@H]2O)c1. The lowest BCUT2D eigenvalue weighted by Crippen LogP contribution is -2.17. The van der Waals surface area contributed by atoms with Gasteiger partial charge in [0.2, 0.25) is 0 Å². The maximum atomic E-state index is 10.6. The summed E-state index contributed by atoms with van der Waals surface area (Å²) in [5.74, 6) is 1.62. The summed E-state index contributed by atoms with van der Waals surface area (Å²) in [7, 11) is 4.31. The molecule has 1 aromatic rings. The fourth-order valence-electron chi connectivity index (χ4n) is 5.29. The second kappa shape index (κ2) is 11.1. The van der Waals surface area contributed by atoms with E-state index >= 15 is 0 Å². The van der Waals surface area contributed by atoms with Gasteiger partial charge in [0.25, 0.3) is 0 Å². The molecule has 4 atom stereocenters. The number of rotatable bonds is 11. The molecule has 0 aliphatic heterocycles. The number of hydrogen-bond acceptors (Lipinski definition) is 2. The third kappa shape index (κ3) is 6.83. The van der Waals surface area contributed by atoms with Crippen molar-refractivity contribution in [3.63, 3.8) is 0 Å². The number of nitrogens with zero attached hydrogens (tertiary/aromatic N) is 1. The summed E-state index contributed by atoms with van der Waals surface area (Å²) in [5, 5.41) is 10.6. The molecule has 160 valence electrons. The summed E-state index contributed by atoms with van der Waals surface area (Å²) < 4.78 is 0. The van der Waals surface area contributed by atoms with Crippen LogP contribution in [0.25, 0.3) is 0 Å². The van der Waals surface area contributed by atoms with Crippen LogP contribution in [0.1, 0.15) is 62.5 Å². The molecule has 29 heavy (non-hydrogen) atoms. The van der Waals surface area contributed by atoms with Crippen molar-refractivity contribution in [3.05, 3.63) is 59.2 Å². The molecule has 1 saturated carbocycles. The highest BCUT2D eigenvalue weighted by Crippen LogP contribution is 2.48. The van der Waals surface area contributed by atoms with Gasteiger partial charge in [0.15, 0.2) is 0 Å². The van der Waals surface area contributed by atoms with Crippen molar-refractivity contribution in [2.45, 2.75) is 70.8 Å². The first-order chi connectivity index (χ1) is 14.0. The summed E-state index contributed by atoms with van der Waals surface area (Å²) in [6, 6.07) is 8.84. The van der Waals surface area contributed by atoms with Crippen molar-refractivity contribution >= 4 is 0 Å². The lowest BCUT2D eigenvalue weighted by Gasteiger charge is -2.18. The summed E-state index contributed by atoms with van der Waals surface area (Å²) in [4.78, 5) is 2.28. The van der Waals surface area contributed by atoms with Gasteiger partial charge in [-0.15, -0.1) is 0 Å². The van der Waals surface area contributed by atoms with Crippen LogP contribution < -0.4 is 0 Å². The number of aryl methyl sites for hydroxylation is 2. The number of aliphatic hydroxyl groups is 1. The predicted octanol–water partition coefficient (Wildman–Crippen LogP) is 5.94. The third-order valence-electron chi connectivity index (χ3n) is 6.83. The van der Waals surface area contributed by atoms with Gasteiger partial charge >= 0.3 is 0 Å². The highest BCUT2D eigenvalue weighted by atomic mass is 16.3. The first-order valence-electron chi connectivity index (χ1n) is 11.8. The Balaban J connectivity index is 1.38. The lowest BCUT2D eigenvalue weighted by atomic mass is 9.88. The van der Waals surface area contributed by atoms with Crippen molar-refractivity contribution in [2.24, 2.45) is 17.8 Å². The molecule has 0 spiro atoms. The van der Waals surface area contributed by atoms with E-state index in [4.69, 9.17) is 0 Å². The minimum Gasteiger partial charge on any atom is -0.392 e. The molecule has 0 bridgehead atoms. The van der Waals surface area contributed by atoms with E-state index in [1.165, 1.54) is 56.2 Å². The maximum absolute atomic E-state index is 10.6. The quantitative estimate of drug-likeness (QED) is 0.370. The summed E-state index contributed by atoms with van der Waals surface area (Å²) >= 11 is 0. The largest absolute Gasteiger partial charge is 0.392 e. The fourth-order valence-corrected chi connectivity index (χ4v) is 5.29. The van der Waals surface area contributed by atoms with Crippen LogP contribution in [0.2, 0.25) is 0 Å². The van der Waals surface area contributed by atoms with Gasteiger partial charge in [-0.05, 0) is 96.3 Å². The van der Waals surface area contributed by atoms with Crippen LogP contribution in [0, 0.1) is 24.7 Å². The van der Waals surface area contributed by atoms with Gasteiger partial charge in [0.1, 0.15) is 0 Å². The zero-order valence-electron chi connectivity index (χ0n) is 18.8. The molecular formula is C27H41NO.